The highest BCUT2D eigenvalue weighted by atomic mass is 16.5. The van der Waals surface area contributed by atoms with Gasteiger partial charge in [0.2, 0.25) is 0 Å². The summed E-state index contributed by atoms with van der Waals surface area (Å²) in [6.45, 7) is 0. The van der Waals surface area contributed by atoms with Gasteiger partial charge < -0.3 is 14.7 Å². The van der Waals surface area contributed by atoms with Crippen molar-refractivity contribution in [2.24, 2.45) is 7.05 Å². The molecule has 27 heavy (non-hydrogen) atoms. The summed E-state index contributed by atoms with van der Waals surface area (Å²) >= 11 is 0. The van der Waals surface area contributed by atoms with Crippen molar-refractivity contribution in [3.05, 3.63) is 74.6 Å². The molecule has 0 aliphatic heterocycles. The van der Waals surface area contributed by atoms with E-state index in [0.717, 1.165) is 16.9 Å². The van der Waals surface area contributed by atoms with Crippen LogP contribution in [0, 0.1) is 0 Å². The van der Waals surface area contributed by atoms with Crippen molar-refractivity contribution in [1.82, 2.24) is 24.7 Å². The molecule has 4 rings (SSSR count). The van der Waals surface area contributed by atoms with Gasteiger partial charge in [-0.25, -0.2) is 9.67 Å². The predicted octanol–water partition coefficient (Wildman–Crippen LogP) is 1.61. The lowest BCUT2D eigenvalue weighted by Gasteiger charge is -2.02. The lowest BCUT2D eigenvalue weighted by molar-refractivity contribution is 0.414. The van der Waals surface area contributed by atoms with Crippen molar-refractivity contribution >= 4 is 11.0 Å². The molecule has 0 amide bonds. The Labute approximate surface area is 153 Å². The van der Waals surface area contributed by atoms with Gasteiger partial charge in [0.1, 0.15) is 5.75 Å². The monoisotopic (exact) mass is 363 g/mol. The van der Waals surface area contributed by atoms with Crippen molar-refractivity contribution in [2.75, 3.05) is 7.11 Å². The molecule has 8 nitrogen and oxygen atoms in total. The van der Waals surface area contributed by atoms with Crippen LogP contribution >= 0.6 is 0 Å². The molecule has 0 bridgehead atoms. The summed E-state index contributed by atoms with van der Waals surface area (Å²) < 4.78 is 6.87. The molecule has 4 aromatic rings. The summed E-state index contributed by atoms with van der Waals surface area (Å²) in [6.07, 6.45) is 0.593. The molecule has 0 saturated heterocycles. The van der Waals surface area contributed by atoms with E-state index in [1.54, 1.807) is 23.9 Å². The second-order valence-corrected chi connectivity index (χ2v) is 6.17. The van der Waals surface area contributed by atoms with E-state index in [4.69, 9.17) is 4.74 Å². The molecule has 8 heteroatoms. The van der Waals surface area contributed by atoms with Crippen molar-refractivity contribution in [1.29, 1.82) is 0 Å². The van der Waals surface area contributed by atoms with Crippen molar-refractivity contribution in [3.8, 4) is 17.1 Å². The lowest BCUT2D eigenvalue weighted by Crippen LogP contribution is -2.28. The average molecular weight is 363 g/mol. The van der Waals surface area contributed by atoms with Gasteiger partial charge in [0.05, 0.1) is 18.1 Å². The second kappa shape index (κ2) is 6.56. The van der Waals surface area contributed by atoms with Crippen LogP contribution in [-0.4, -0.2) is 31.8 Å². The number of rotatable bonds is 4. The quantitative estimate of drug-likeness (QED) is 0.536. The molecule has 2 aromatic heterocycles. The number of aryl methyl sites for hydroxylation is 1. The van der Waals surface area contributed by atoms with Gasteiger partial charge in [-0.1, -0.05) is 12.1 Å². The molecule has 0 fully saturated rings. The molecule has 0 saturated carbocycles. The molecule has 136 valence electrons. The van der Waals surface area contributed by atoms with E-state index in [2.05, 4.69) is 20.1 Å². The van der Waals surface area contributed by atoms with E-state index >= 15 is 0 Å². The summed E-state index contributed by atoms with van der Waals surface area (Å²) in [6, 6.07) is 13.1. The number of aromatic nitrogens is 5. The Morgan fingerprint density at radius 1 is 1.00 bits per heavy atom. The van der Waals surface area contributed by atoms with E-state index in [0.29, 0.717) is 29.1 Å². The van der Waals surface area contributed by atoms with Crippen LogP contribution in [-0.2, 0) is 13.5 Å². The molecule has 2 N–H and O–H groups in total. The zero-order chi connectivity index (χ0) is 19.0. The standard InChI is InChI=1S/C19H17N5O3/c1-24-17(12-5-8-14-15(10-12)21-19(26)18(25)20-14)22-16(23-24)9-11-3-6-13(27-2)7-4-11/h3-8,10H,9H2,1-2H3,(H,20,25)(H,21,26). The van der Waals surface area contributed by atoms with Crippen LogP contribution in [0.3, 0.4) is 0 Å². The number of nitrogens with zero attached hydrogens (tertiary/aromatic N) is 3. The van der Waals surface area contributed by atoms with Gasteiger partial charge in [-0.05, 0) is 35.9 Å². The van der Waals surface area contributed by atoms with E-state index < -0.39 is 11.1 Å². The van der Waals surface area contributed by atoms with Gasteiger partial charge in [-0.15, -0.1) is 0 Å². The number of hydrogen-bond donors (Lipinski definition) is 2. The molecule has 2 aromatic carbocycles. The first kappa shape index (κ1) is 16.8. The Hall–Kier alpha value is -3.68. The Kier molecular flexibility index (Phi) is 4.08. The van der Waals surface area contributed by atoms with Crippen LogP contribution in [0.25, 0.3) is 22.4 Å². The van der Waals surface area contributed by atoms with E-state index in [1.165, 1.54) is 0 Å². The highest BCUT2D eigenvalue weighted by molar-refractivity contribution is 5.79. The highest BCUT2D eigenvalue weighted by Gasteiger charge is 2.11. The minimum absolute atomic E-state index is 0.539. The average Bonchev–Trinajstić information content (AvgIpc) is 3.03. The second-order valence-electron chi connectivity index (χ2n) is 6.17. The smallest absolute Gasteiger partial charge is 0.314 e. The Balaban J connectivity index is 1.68. The third kappa shape index (κ3) is 3.24. The van der Waals surface area contributed by atoms with Crippen LogP contribution in [0.2, 0.25) is 0 Å². The van der Waals surface area contributed by atoms with E-state index in [-0.39, 0.29) is 0 Å². The molecule has 0 atom stereocenters. The lowest BCUT2D eigenvalue weighted by atomic mass is 10.1. The normalized spacial score (nSPS) is 11.0. The summed E-state index contributed by atoms with van der Waals surface area (Å²) in [5.74, 6) is 2.16. The largest absolute Gasteiger partial charge is 0.497 e. The number of H-pyrrole nitrogens is 2. The Bertz CT molecular complexity index is 1230. The van der Waals surface area contributed by atoms with Gasteiger partial charge in [-0.2, -0.15) is 5.10 Å². The SMILES string of the molecule is COc1ccc(Cc2nc(-c3ccc4[nH]c(=O)c(=O)[nH]c4c3)n(C)n2)cc1. The summed E-state index contributed by atoms with van der Waals surface area (Å²) in [7, 11) is 3.45. The van der Waals surface area contributed by atoms with Crippen molar-refractivity contribution in [3.63, 3.8) is 0 Å². The fraction of sp³-hybridized carbons (Fsp3) is 0.158. The first-order valence-corrected chi connectivity index (χ1v) is 8.33. The van der Waals surface area contributed by atoms with Crippen molar-refractivity contribution in [2.45, 2.75) is 6.42 Å². The fourth-order valence-electron chi connectivity index (χ4n) is 2.94. The molecule has 0 radical (unpaired) electrons. The molecule has 0 aliphatic carbocycles. The number of nitrogens with one attached hydrogen (secondary N) is 2. The highest BCUT2D eigenvalue weighted by Crippen LogP contribution is 2.21. The van der Waals surface area contributed by atoms with Crippen LogP contribution < -0.4 is 15.9 Å². The molecule has 0 aliphatic rings. The molecular formula is C19H17N5O3. The number of hydrogen-bond acceptors (Lipinski definition) is 5. The third-order valence-corrected chi connectivity index (χ3v) is 4.31. The maximum Gasteiger partial charge on any atom is 0.314 e. The Morgan fingerprint density at radius 3 is 2.41 bits per heavy atom. The summed E-state index contributed by atoms with van der Waals surface area (Å²) in [5.41, 5.74) is 1.61. The van der Waals surface area contributed by atoms with Gasteiger partial charge in [-0.3, -0.25) is 9.59 Å². The first-order chi connectivity index (χ1) is 13.0. The Morgan fingerprint density at radius 2 is 1.70 bits per heavy atom. The van der Waals surface area contributed by atoms with Gasteiger partial charge >= 0.3 is 11.1 Å². The van der Waals surface area contributed by atoms with Gasteiger partial charge in [0, 0.05) is 19.0 Å². The topological polar surface area (TPSA) is 106 Å². The molecule has 0 spiro atoms. The zero-order valence-electron chi connectivity index (χ0n) is 14.8. The van der Waals surface area contributed by atoms with Crippen LogP contribution in [0.1, 0.15) is 11.4 Å². The molecule has 2 heterocycles. The van der Waals surface area contributed by atoms with E-state index in [1.807, 2.05) is 37.4 Å². The molecular weight excluding hydrogens is 346 g/mol. The number of aromatic amines is 2. The van der Waals surface area contributed by atoms with Gasteiger partial charge in [0.15, 0.2) is 11.6 Å². The maximum absolute atomic E-state index is 11.6. The van der Waals surface area contributed by atoms with Gasteiger partial charge in [0.25, 0.3) is 0 Å². The number of methoxy groups -OCH3 is 1. The van der Waals surface area contributed by atoms with Crippen LogP contribution in [0.5, 0.6) is 5.75 Å². The van der Waals surface area contributed by atoms with Crippen molar-refractivity contribution < 1.29 is 4.74 Å². The minimum atomic E-state index is -0.683. The van der Waals surface area contributed by atoms with Crippen LogP contribution in [0.4, 0.5) is 0 Å². The van der Waals surface area contributed by atoms with Crippen LogP contribution in [0.15, 0.2) is 52.1 Å². The fourth-order valence-corrected chi connectivity index (χ4v) is 2.94. The minimum Gasteiger partial charge on any atom is -0.497 e. The number of benzene rings is 2. The summed E-state index contributed by atoms with van der Waals surface area (Å²) in [4.78, 5) is 32.7. The summed E-state index contributed by atoms with van der Waals surface area (Å²) in [5, 5.41) is 4.48. The van der Waals surface area contributed by atoms with E-state index in [9.17, 15) is 9.59 Å². The molecule has 0 unspecified atom stereocenters. The number of fused-ring (bicyclic) bond motifs is 1. The number of ether oxygens (including phenoxy) is 1. The maximum atomic E-state index is 11.6. The third-order valence-electron chi connectivity index (χ3n) is 4.31. The predicted molar refractivity (Wildman–Crippen MR) is 101 cm³/mol. The first-order valence-electron chi connectivity index (χ1n) is 8.33. The zero-order valence-corrected chi connectivity index (χ0v) is 14.8.